The standard InChI is InChI=1S/C21H16ClFN2O/c22-17-9-16(11-24-12-17)14-2-1-3-21-15(8-14)10-19(25-21)13-26-20-6-4-18(23)5-7-20/h2-6,8-12,15,20H,7,13H2/t15-,20?/m1/s1. The van der Waals surface area contributed by atoms with E-state index in [2.05, 4.69) is 27.9 Å². The van der Waals surface area contributed by atoms with Gasteiger partial charge in [-0.2, -0.15) is 0 Å². The summed E-state index contributed by atoms with van der Waals surface area (Å²) in [5, 5.41) is 0.598. The summed E-state index contributed by atoms with van der Waals surface area (Å²) in [7, 11) is 0. The molecule has 0 bridgehead atoms. The van der Waals surface area contributed by atoms with Crippen molar-refractivity contribution in [3.8, 4) is 0 Å². The average Bonchev–Trinajstić information content (AvgIpc) is 2.91. The molecule has 0 radical (unpaired) electrons. The number of aliphatic imine (C=N–C) groups is 1. The molecule has 4 rings (SSSR count). The molecule has 0 saturated heterocycles. The van der Waals surface area contributed by atoms with Crippen LogP contribution in [0.4, 0.5) is 4.39 Å². The number of allylic oxidation sites excluding steroid dienone is 6. The van der Waals surface area contributed by atoms with Gasteiger partial charge in [-0.1, -0.05) is 23.8 Å². The van der Waals surface area contributed by atoms with Crippen LogP contribution >= 0.6 is 11.6 Å². The Hall–Kier alpha value is -2.52. The first kappa shape index (κ1) is 16.9. The number of aromatic nitrogens is 1. The number of halogens is 2. The van der Waals surface area contributed by atoms with Crippen LogP contribution < -0.4 is 0 Å². The van der Waals surface area contributed by atoms with Crippen molar-refractivity contribution in [2.24, 2.45) is 10.9 Å². The highest BCUT2D eigenvalue weighted by Crippen LogP contribution is 2.28. The van der Waals surface area contributed by atoms with Gasteiger partial charge in [-0.25, -0.2) is 4.39 Å². The molecule has 1 aliphatic heterocycles. The van der Waals surface area contributed by atoms with Crippen LogP contribution in [0.15, 0.2) is 83.2 Å². The van der Waals surface area contributed by atoms with Gasteiger partial charge in [0.25, 0.3) is 0 Å². The van der Waals surface area contributed by atoms with E-state index in [4.69, 9.17) is 16.3 Å². The molecule has 0 spiro atoms. The van der Waals surface area contributed by atoms with Crippen LogP contribution in [0, 0.1) is 5.92 Å². The Kier molecular flexibility index (Phi) is 4.81. The highest BCUT2D eigenvalue weighted by molar-refractivity contribution is 6.30. The van der Waals surface area contributed by atoms with Crippen LogP contribution in [0.1, 0.15) is 12.0 Å². The average molecular weight is 367 g/mol. The van der Waals surface area contributed by atoms with Gasteiger partial charge >= 0.3 is 0 Å². The quantitative estimate of drug-likeness (QED) is 0.703. The van der Waals surface area contributed by atoms with Gasteiger partial charge in [0.15, 0.2) is 0 Å². The molecule has 26 heavy (non-hydrogen) atoms. The Morgan fingerprint density at radius 1 is 1.27 bits per heavy atom. The Bertz CT molecular complexity index is 949. The molecule has 0 amide bonds. The molecule has 1 aromatic rings. The van der Waals surface area contributed by atoms with Crippen LogP contribution in [0.5, 0.6) is 0 Å². The number of pyridine rings is 1. The first-order chi connectivity index (χ1) is 12.7. The lowest BCUT2D eigenvalue weighted by Crippen LogP contribution is -2.12. The van der Waals surface area contributed by atoms with Crippen molar-refractivity contribution in [2.45, 2.75) is 12.5 Å². The number of hydrogen-bond donors (Lipinski definition) is 0. The predicted octanol–water partition coefficient (Wildman–Crippen LogP) is 5.00. The van der Waals surface area contributed by atoms with Gasteiger partial charge < -0.3 is 4.74 Å². The Labute approximate surface area is 156 Å². The molecule has 5 heteroatoms. The molecule has 1 unspecified atom stereocenters. The third kappa shape index (κ3) is 3.83. The van der Waals surface area contributed by atoms with Gasteiger partial charge in [0.2, 0.25) is 0 Å². The molecule has 0 saturated carbocycles. The van der Waals surface area contributed by atoms with E-state index in [1.807, 2.05) is 18.2 Å². The summed E-state index contributed by atoms with van der Waals surface area (Å²) in [4.78, 5) is 8.77. The second-order valence-electron chi connectivity index (χ2n) is 6.22. The zero-order chi connectivity index (χ0) is 17.9. The van der Waals surface area contributed by atoms with Crippen molar-refractivity contribution < 1.29 is 9.13 Å². The third-order valence-corrected chi connectivity index (χ3v) is 4.52. The molecular weight excluding hydrogens is 351 g/mol. The first-order valence-corrected chi connectivity index (χ1v) is 8.75. The summed E-state index contributed by atoms with van der Waals surface area (Å²) < 4.78 is 18.8. The normalized spacial score (nSPS) is 23.8. The number of rotatable bonds is 4. The van der Waals surface area contributed by atoms with Gasteiger partial charge in [-0.15, -0.1) is 5.73 Å². The summed E-state index contributed by atoms with van der Waals surface area (Å²) in [5.41, 5.74) is 6.90. The smallest absolute Gasteiger partial charge is 0.119 e. The second kappa shape index (κ2) is 7.38. The van der Waals surface area contributed by atoms with E-state index < -0.39 is 0 Å². The largest absolute Gasteiger partial charge is 0.368 e. The molecule has 130 valence electrons. The summed E-state index contributed by atoms with van der Waals surface area (Å²) in [5.74, 6) is -0.148. The highest BCUT2D eigenvalue weighted by atomic mass is 35.5. The van der Waals surface area contributed by atoms with Crippen molar-refractivity contribution in [1.82, 2.24) is 4.98 Å². The zero-order valence-electron chi connectivity index (χ0n) is 13.9. The maximum atomic E-state index is 13.0. The summed E-state index contributed by atoms with van der Waals surface area (Å²) in [6.45, 7) is 0.393. The molecular formula is C21H16ClFN2O. The van der Waals surface area contributed by atoms with Crippen LogP contribution in [0.3, 0.4) is 0 Å². The molecule has 0 N–H and O–H groups in total. The van der Waals surface area contributed by atoms with E-state index in [9.17, 15) is 4.39 Å². The minimum Gasteiger partial charge on any atom is -0.368 e. The van der Waals surface area contributed by atoms with Gasteiger partial charge in [-0.05, 0) is 42.4 Å². The van der Waals surface area contributed by atoms with Crippen molar-refractivity contribution in [2.75, 3.05) is 6.61 Å². The minimum atomic E-state index is -0.211. The maximum absolute atomic E-state index is 13.0. The minimum absolute atomic E-state index is 0.0630. The van der Waals surface area contributed by atoms with E-state index in [0.29, 0.717) is 18.1 Å². The van der Waals surface area contributed by atoms with Crippen LogP contribution in [0.25, 0.3) is 5.57 Å². The van der Waals surface area contributed by atoms with Gasteiger partial charge in [0.05, 0.1) is 29.1 Å². The topological polar surface area (TPSA) is 34.5 Å². The van der Waals surface area contributed by atoms with Crippen molar-refractivity contribution in [3.63, 3.8) is 0 Å². The SMILES string of the molecule is FC1=CCC(OCC2=C[C@H]3C=C(c4cncc(Cl)c4)C=C=CC3=N2)C=C1. The summed E-state index contributed by atoms with van der Waals surface area (Å²) in [6.07, 6.45) is 16.5. The Morgan fingerprint density at radius 2 is 2.19 bits per heavy atom. The molecule has 0 fully saturated rings. The zero-order valence-corrected chi connectivity index (χ0v) is 14.7. The van der Waals surface area contributed by atoms with Crippen molar-refractivity contribution in [3.05, 3.63) is 88.8 Å². The van der Waals surface area contributed by atoms with E-state index in [0.717, 1.165) is 22.5 Å². The Balaban J connectivity index is 1.48. The lowest BCUT2D eigenvalue weighted by Gasteiger charge is -2.14. The van der Waals surface area contributed by atoms with Gasteiger partial charge in [0.1, 0.15) is 5.83 Å². The number of nitrogens with zero attached hydrogens (tertiary/aromatic N) is 2. The maximum Gasteiger partial charge on any atom is 0.119 e. The fraction of sp³-hybridized carbons (Fsp3) is 0.190. The van der Waals surface area contributed by atoms with Crippen molar-refractivity contribution >= 4 is 22.9 Å². The fourth-order valence-corrected chi connectivity index (χ4v) is 3.18. The van der Waals surface area contributed by atoms with Crippen LogP contribution in [-0.4, -0.2) is 23.4 Å². The molecule has 2 atom stereocenters. The van der Waals surface area contributed by atoms with Gasteiger partial charge in [0, 0.05) is 30.0 Å². The number of hydrogen-bond acceptors (Lipinski definition) is 3. The van der Waals surface area contributed by atoms with Gasteiger partial charge in [-0.3, -0.25) is 9.98 Å². The van der Waals surface area contributed by atoms with E-state index in [1.165, 1.54) is 12.2 Å². The fourth-order valence-electron chi connectivity index (χ4n) is 3.01. The lowest BCUT2D eigenvalue weighted by atomic mass is 9.99. The predicted molar refractivity (Wildman–Crippen MR) is 102 cm³/mol. The molecule has 3 nitrogen and oxygen atoms in total. The lowest BCUT2D eigenvalue weighted by molar-refractivity contribution is 0.104. The summed E-state index contributed by atoms with van der Waals surface area (Å²) in [6, 6.07) is 1.88. The van der Waals surface area contributed by atoms with Crippen LogP contribution in [-0.2, 0) is 4.74 Å². The summed E-state index contributed by atoms with van der Waals surface area (Å²) >= 11 is 6.05. The molecule has 1 aromatic heterocycles. The van der Waals surface area contributed by atoms with Crippen molar-refractivity contribution in [1.29, 1.82) is 0 Å². The first-order valence-electron chi connectivity index (χ1n) is 8.37. The monoisotopic (exact) mass is 366 g/mol. The third-order valence-electron chi connectivity index (χ3n) is 4.31. The number of fused-ring (bicyclic) bond motifs is 1. The van der Waals surface area contributed by atoms with E-state index >= 15 is 0 Å². The van der Waals surface area contributed by atoms with E-state index in [-0.39, 0.29) is 17.8 Å². The van der Waals surface area contributed by atoms with Crippen LogP contribution in [0.2, 0.25) is 5.02 Å². The second-order valence-corrected chi connectivity index (χ2v) is 6.66. The Morgan fingerprint density at radius 3 is 3.00 bits per heavy atom. The molecule has 0 aromatic carbocycles. The van der Waals surface area contributed by atoms with E-state index in [1.54, 1.807) is 18.5 Å². The number of ether oxygens (including phenoxy) is 1. The highest BCUT2D eigenvalue weighted by Gasteiger charge is 2.20. The molecule has 3 aliphatic rings. The molecule has 2 heterocycles. The molecule has 2 aliphatic carbocycles.